The van der Waals surface area contributed by atoms with E-state index in [1.165, 1.54) is 0 Å². The van der Waals surface area contributed by atoms with Gasteiger partial charge in [0.05, 0.1) is 0 Å². The molecule has 0 spiro atoms. The Morgan fingerprint density at radius 3 is 1.36 bits per heavy atom. The van der Waals surface area contributed by atoms with Gasteiger partial charge in [-0.1, -0.05) is 53.3 Å². The van der Waals surface area contributed by atoms with E-state index >= 15 is 0 Å². The Labute approximate surface area is 156 Å². The van der Waals surface area contributed by atoms with Gasteiger partial charge in [0, 0.05) is 9.79 Å². The van der Waals surface area contributed by atoms with E-state index in [1.807, 2.05) is 0 Å². The minimum absolute atomic E-state index is 0.281. The van der Waals surface area contributed by atoms with Crippen molar-refractivity contribution in [2.45, 2.75) is 76.0 Å². The number of phenolic OH excluding ortho intramolecular Hbond substituents is 2. The molecule has 0 aliphatic rings. The van der Waals surface area contributed by atoms with Crippen molar-refractivity contribution in [3.63, 3.8) is 0 Å². The fourth-order valence-electron chi connectivity index (χ4n) is 3.05. The van der Waals surface area contributed by atoms with E-state index in [0.29, 0.717) is 11.5 Å². The Morgan fingerprint density at radius 1 is 0.720 bits per heavy atom. The highest BCUT2D eigenvalue weighted by atomic mass is 32.2. The van der Waals surface area contributed by atoms with Crippen LogP contribution in [0, 0.1) is 0 Å². The van der Waals surface area contributed by atoms with E-state index in [0.717, 1.165) is 44.9 Å². The largest absolute Gasteiger partial charge is 0.507 e. The van der Waals surface area contributed by atoms with E-state index in [9.17, 15) is 10.2 Å². The van der Waals surface area contributed by atoms with Gasteiger partial charge in [0.25, 0.3) is 0 Å². The summed E-state index contributed by atoms with van der Waals surface area (Å²) >= 11 is 1.70. The predicted octanol–water partition coefficient (Wildman–Crippen LogP) is 6.62. The maximum absolute atomic E-state index is 10.4. The third kappa shape index (κ3) is 4.33. The summed E-state index contributed by atoms with van der Waals surface area (Å²) in [4.78, 5) is 2.28. The first-order valence-electron chi connectivity index (χ1n) is 9.17. The summed E-state index contributed by atoms with van der Waals surface area (Å²) in [7, 11) is 0. The molecule has 0 aliphatic carbocycles. The number of hydrogen-bond acceptors (Lipinski definition) is 3. The Hall–Kier alpha value is -1.61. The van der Waals surface area contributed by atoms with Crippen molar-refractivity contribution >= 4 is 11.8 Å². The summed E-state index contributed by atoms with van der Waals surface area (Å²) in [6.45, 7) is 12.6. The molecule has 0 atom stereocenters. The molecule has 2 aromatic rings. The zero-order valence-electron chi connectivity index (χ0n) is 16.2. The predicted molar refractivity (Wildman–Crippen MR) is 107 cm³/mol. The Kier molecular flexibility index (Phi) is 6.45. The topological polar surface area (TPSA) is 40.5 Å². The van der Waals surface area contributed by atoms with Crippen molar-refractivity contribution in [3.8, 4) is 11.5 Å². The van der Waals surface area contributed by atoms with Crippen LogP contribution in [0.3, 0.4) is 0 Å². The highest BCUT2D eigenvalue weighted by Crippen LogP contribution is 2.40. The molecular weight excluding hydrogens is 328 g/mol. The zero-order valence-corrected chi connectivity index (χ0v) is 17.0. The molecule has 3 heteroatoms. The lowest BCUT2D eigenvalue weighted by Crippen LogP contribution is -1.95. The molecule has 0 amide bonds. The maximum Gasteiger partial charge on any atom is 0.122 e. The zero-order chi connectivity index (χ0) is 18.7. The van der Waals surface area contributed by atoms with Gasteiger partial charge >= 0.3 is 0 Å². The van der Waals surface area contributed by atoms with Crippen molar-refractivity contribution in [1.29, 1.82) is 0 Å². The van der Waals surface area contributed by atoms with Gasteiger partial charge in [-0.05, 0) is 71.2 Å². The highest BCUT2D eigenvalue weighted by Gasteiger charge is 2.15. The lowest BCUT2D eigenvalue weighted by molar-refractivity contribution is 0.457. The van der Waals surface area contributed by atoms with Crippen molar-refractivity contribution in [2.75, 3.05) is 0 Å². The molecule has 0 saturated carbocycles. The second-order valence-corrected chi connectivity index (χ2v) is 8.31. The summed E-state index contributed by atoms with van der Waals surface area (Å²) in [5.41, 5.74) is 3.99. The SMILES string of the molecule is CCc1cc(Sc2cc(CC)c(O)c(C(C)C)c2)cc(C(C)C)c1O. The number of aryl methyl sites for hydroxylation is 2. The third-order valence-corrected chi connectivity index (χ3v) is 5.57. The van der Waals surface area contributed by atoms with Crippen LogP contribution < -0.4 is 0 Å². The standard InChI is InChI=1S/C22H30O2S/c1-7-15-9-17(11-19(13(3)4)21(15)23)25-18-10-16(8-2)22(24)20(12-18)14(5)6/h9-14,23-24H,7-8H2,1-6H3. The Balaban J connectivity index is 2.49. The average molecular weight is 359 g/mol. The van der Waals surface area contributed by atoms with Crippen molar-refractivity contribution < 1.29 is 10.2 Å². The van der Waals surface area contributed by atoms with E-state index in [-0.39, 0.29) is 11.8 Å². The summed E-state index contributed by atoms with van der Waals surface area (Å²) < 4.78 is 0. The summed E-state index contributed by atoms with van der Waals surface area (Å²) in [6.07, 6.45) is 1.62. The molecule has 0 unspecified atom stereocenters. The second kappa shape index (κ2) is 8.18. The average Bonchev–Trinajstić information content (AvgIpc) is 2.56. The molecule has 0 aromatic heterocycles. The molecule has 0 heterocycles. The van der Waals surface area contributed by atoms with Gasteiger partial charge in [-0.15, -0.1) is 0 Å². The van der Waals surface area contributed by atoms with E-state index in [1.54, 1.807) is 11.8 Å². The minimum atomic E-state index is 0.281. The van der Waals surface area contributed by atoms with Crippen LogP contribution >= 0.6 is 11.8 Å². The molecule has 136 valence electrons. The van der Waals surface area contributed by atoms with Gasteiger partial charge < -0.3 is 10.2 Å². The Bertz CT molecular complexity index is 685. The fraction of sp³-hybridized carbons (Fsp3) is 0.455. The summed E-state index contributed by atoms with van der Waals surface area (Å²) in [5.74, 6) is 1.43. The maximum atomic E-state index is 10.4. The van der Waals surface area contributed by atoms with Gasteiger partial charge in [-0.25, -0.2) is 0 Å². The molecule has 0 bridgehead atoms. The smallest absolute Gasteiger partial charge is 0.122 e. The van der Waals surface area contributed by atoms with Gasteiger partial charge in [-0.2, -0.15) is 0 Å². The molecule has 2 aromatic carbocycles. The minimum Gasteiger partial charge on any atom is -0.507 e. The van der Waals surface area contributed by atoms with Crippen LogP contribution in [-0.4, -0.2) is 10.2 Å². The van der Waals surface area contributed by atoms with Crippen LogP contribution in [0.15, 0.2) is 34.1 Å². The third-order valence-electron chi connectivity index (χ3n) is 4.63. The normalized spacial score (nSPS) is 11.5. The number of aromatic hydroxyl groups is 2. The van der Waals surface area contributed by atoms with E-state index in [4.69, 9.17) is 0 Å². The molecule has 2 nitrogen and oxygen atoms in total. The van der Waals surface area contributed by atoms with Crippen molar-refractivity contribution in [1.82, 2.24) is 0 Å². The quantitative estimate of drug-likeness (QED) is 0.609. The summed E-state index contributed by atoms with van der Waals surface area (Å²) in [5, 5.41) is 20.9. The van der Waals surface area contributed by atoms with Gasteiger partial charge in [0.2, 0.25) is 0 Å². The monoisotopic (exact) mass is 358 g/mol. The number of phenols is 2. The fourth-order valence-corrected chi connectivity index (χ4v) is 4.10. The number of benzene rings is 2. The molecule has 2 rings (SSSR count). The van der Waals surface area contributed by atoms with Crippen LogP contribution in [0.2, 0.25) is 0 Å². The van der Waals surface area contributed by atoms with Crippen molar-refractivity contribution in [3.05, 3.63) is 46.5 Å². The molecule has 0 fully saturated rings. The van der Waals surface area contributed by atoms with Crippen LogP contribution in [0.1, 0.15) is 75.6 Å². The first-order valence-corrected chi connectivity index (χ1v) is 9.99. The first-order chi connectivity index (χ1) is 11.8. The van der Waals surface area contributed by atoms with Crippen LogP contribution in [-0.2, 0) is 12.8 Å². The molecule has 25 heavy (non-hydrogen) atoms. The molecule has 0 saturated heterocycles. The van der Waals surface area contributed by atoms with E-state index < -0.39 is 0 Å². The molecule has 0 radical (unpaired) electrons. The van der Waals surface area contributed by atoms with E-state index in [2.05, 4.69) is 65.8 Å². The van der Waals surface area contributed by atoms with Gasteiger partial charge in [0.1, 0.15) is 11.5 Å². The lowest BCUT2D eigenvalue weighted by atomic mass is 9.98. The van der Waals surface area contributed by atoms with Gasteiger partial charge in [-0.3, -0.25) is 0 Å². The highest BCUT2D eigenvalue weighted by molar-refractivity contribution is 7.99. The van der Waals surface area contributed by atoms with Crippen LogP contribution in [0.25, 0.3) is 0 Å². The van der Waals surface area contributed by atoms with Gasteiger partial charge in [0.15, 0.2) is 0 Å². The first kappa shape index (κ1) is 19.7. The number of rotatable bonds is 6. The molecule has 2 N–H and O–H groups in total. The summed E-state index contributed by atoms with van der Waals surface area (Å²) in [6, 6.07) is 8.35. The molecular formula is C22H30O2S. The number of hydrogen-bond donors (Lipinski definition) is 2. The Morgan fingerprint density at radius 2 is 1.08 bits per heavy atom. The van der Waals surface area contributed by atoms with Crippen LogP contribution in [0.4, 0.5) is 0 Å². The van der Waals surface area contributed by atoms with Crippen LogP contribution in [0.5, 0.6) is 11.5 Å². The lowest BCUT2D eigenvalue weighted by Gasteiger charge is -2.17. The van der Waals surface area contributed by atoms with Crippen molar-refractivity contribution in [2.24, 2.45) is 0 Å². The second-order valence-electron chi connectivity index (χ2n) is 7.16. The molecule has 0 aliphatic heterocycles.